The molecule has 0 spiro atoms. The predicted molar refractivity (Wildman–Crippen MR) is 292 cm³/mol. The van der Waals surface area contributed by atoms with Gasteiger partial charge in [0.05, 0.1) is 54.9 Å². The van der Waals surface area contributed by atoms with E-state index in [1.807, 2.05) is 11.3 Å². The minimum absolute atomic E-state index is 0.849. The number of hydrogen-bond acceptors (Lipinski definition) is 3. The molecule has 5 heteroatoms. The van der Waals surface area contributed by atoms with Crippen molar-refractivity contribution in [3.05, 3.63) is 231 Å². The van der Waals surface area contributed by atoms with E-state index >= 15 is 0 Å². The second kappa shape index (κ2) is 14.8. The summed E-state index contributed by atoms with van der Waals surface area (Å²) in [6.45, 7) is 0. The van der Waals surface area contributed by atoms with Crippen molar-refractivity contribution in [1.29, 1.82) is 0 Å². The standard InChI is InChI=1S/C64H38N4S/c1-3-18-39(19-4-1)43-30-16-31-52-53-32-17-35-56(64(53)69-63(43)52)68-55-34-14-12-27-47(55)51-37-36-50-46-26-11-13-33-54(46)67(61(50)62(51)68)42-23-15-22-41(38-42)58-57(40-20-5-2-6-21-40)65-59-48-28-9-7-24-44(48)45-25-8-10-29-49(45)60(59)66-58/h1-38H. The number of nitrogens with zero attached hydrogens (tertiary/aromatic N) is 4. The SMILES string of the molecule is c1ccc(-c2nc3c4ccccc4c4ccccc4c3nc2-c2cccc(-n3c4ccccc4c4ccc5c6ccccc6n(-c6cccc7c6sc6c(-c8ccccc8)cccc67)c5c43)c2)cc1. The maximum Gasteiger partial charge on any atom is 0.0979 e. The van der Waals surface area contributed by atoms with Crippen LogP contribution in [0.1, 0.15) is 0 Å². The van der Waals surface area contributed by atoms with Gasteiger partial charge in [0.15, 0.2) is 0 Å². The van der Waals surface area contributed by atoms with Crippen molar-refractivity contribution >= 4 is 108 Å². The van der Waals surface area contributed by atoms with E-state index in [1.54, 1.807) is 0 Å². The van der Waals surface area contributed by atoms with Gasteiger partial charge in [-0.15, -0.1) is 11.3 Å². The van der Waals surface area contributed by atoms with Crippen LogP contribution in [0.2, 0.25) is 0 Å². The van der Waals surface area contributed by atoms with Gasteiger partial charge in [0, 0.05) is 64.6 Å². The van der Waals surface area contributed by atoms with Crippen molar-refractivity contribution in [2.45, 2.75) is 0 Å². The highest BCUT2D eigenvalue weighted by atomic mass is 32.1. The van der Waals surface area contributed by atoms with Crippen molar-refractivity contribution in [1.82, 2.24) is 19.1 Å². The molecule has 15 rings (SSSR count). The van der Waals surface area contributed by atoms with Gasteiger partial charge >= 0.3 is 0 Å². The molecule has 0 aliphatic carbocycles. The lowest BCUT2D eigenvalue weighted by Crippen LogP contribution is -2.00. The molecule has 0 N–H and O–H groups in total. The first-order chi connectivity index (χ1) is 34.3. The normalized spacial score (nSPS) is 12.1. The number of benzene rings is 11. The monoisotopic (exact) mass is 894 g/mol. The third kappa shape index (κ3) is 5.56. The Labute approximate surface area is 400 Å². The van der Waals surface area contributed by atoms with Crippen LogP contribution in [0.3, 0.4) is 0 Å². The molecule has 0 radical (unpaired) electrons. The van der Waals surface area contributed by atoms with Gasteiger partial charge in [0.25, 0.3) is 0 Å². The average Bonchev–Trinajstić information content (AvgIpc) is 4.09. The molecule has 0 fully saturated rings. The zero-order valence-corrected chi connectivity index (χ0v) is 38.0. The van der Waals surface area contributed by atoms with E-state index in [1.165, 1.54) is 80.3 Å². The molecule has 4 aromatic heterocycles. The predicted octanol–water partition coefficient (Wildman–Crippen LogP) is 17.5. The van der Waals surface area contributed by atoms with E-state index in [9.17, 15) is 0 Å². The number of aromatic nitrogens is 4. The average molecular weight is 895 g/mol. The molecule has 4 nitrogen and oxygen atoms in total. The van der Waals surface area contributed by atoms with Gasteiger partial charge < -0.3 is 9.13 Å². The molecular formula is C64H38N4S. The number of rotatable bonds is 5. The molecule has 11 aromatic carbocycles. The van der Waals surface area contributed by atoms with Crippen LogP contribution in [-0.4, -0.2) is 19.1 Å². The largest absolute Gasteiger partial charge is 0.307 e. The maximum absolute atomic E-state index is 5.68. The molecule has 15 aromatic rings. The van der Waals surface area contributed by atoms with E-state index in [2.05, 4.69) is 240 Å². The first-order valence-electron chi connectivity index (χ1n) is 23.5. The Morgan fingerprint density at radius 3 is 1.42 bits per heavy atom. The third-order valence-corrected chi connectivity index (χ3v) is 15.6. The first kappa shape index (κ1) is 38.2. The van der Waals surface area contributed by atoms with Gasteiger partial charge in [0.2, 0.25) is 0 Å². The Bertz CT molecular complexity index is 4600. The third-order valence-electron chi connectivity index (χ3n) is 14.3. The molecule has 0 aliphatic heterocycles. The summed E-state index contributed by atoms with van der Waals surface area (Å²) in [6.07, 6.45) is 0. The molecular weight excluding hydrogens is 857 g/mol. The smallest absolute Gasteiger partial charge is 0.0979 e. The van der Waals surface area contributed by atoms with Crippen molar-refractivity contribution in [3.8, 4) is 45.0 Å². The molecule has 0 saturated heterocycles. The van der Waals surface area contributed by atoms with Crippen LogP contribution in [0.15, 0.2) is 231 Å². The molecule has 0 unspecified atom stereocenters. The Hall–Kier alpha value is -8.90. The first-order valence-corrected chi connectivity index (χ1v) is 24.3. The Morgan fingerprint density at radius 2 is 0.768 bits per heavy atom. The van der Waals surface area contributed by atoms with Crippen molar-refractivity contribution in [2.24, 2.45) is 0 Å². The lowest BCUT2D eigenvalue weighted by Gasteiger charge is -2.16. The molecule has 0 aliphatic rings. The lowest BCUT2D eigenvalue weighted by atomic mass is 9.97. The highest BCUT2D eigenvalue weighted by Gasteiger charge is 2.24. The fourth-order valence-electron chi connectivity index (χ4n) is 11.3. The second-order valence-corrected chi connectivity index (χ2v) is 19.0. The quantitative estimate of drug-likeness (QED) is 0.161. The van der Waals surface area contributed by atoms with E-state index in [0.29, 0.717) is 0 Å². The molecule has 0 bridgehead atoms. The molecule has 4 heterocycles. The van der Waals surface area contributed by atoms with Crippen LogP contribution < -0.4 is 0 Å². The van der Waals surface area contributed by atoms with Crippen LogP contribution in [-0.2, 0) is 0 Å². The highest BCUT2D eigenvalue weighted by Crippen LogP contribution is 2.47. The Morgan fingerprint density at radius 1 is 0.304 bits per heavy atom. The van der Waals surface area contributed by atoms with Gasteiger partial charge in [-0.25, -0.2) is 9.97 Å². The van der Waals surface area contributed by atoms with Gasteiger partial charge in [-0.3, -0.25) is 0 Å². The molecule has 0 atom stereocenters. The van der Waals surface area contributed by atoms with E-state index in [4.69, 9.17) is 9.97 Å². The van der Waals surface area contributed by atoms with Crippen LogP contribution in [0, 0.1) is 0 Å². The minimum Gasteiger partial charge on any atom is -0.307 e. The second-order valence-electron chi connectivity index (χ2n) is 18.0. The maximum atomic E-state index is 5.68. The van der Waals surface area contributed by atoms with Crippen LogP contribution in [0.5, 0.6) is 0 Å². The van der Waals surface area contributed by atoms with Crippen LogP contribution in [0.4, 0.5) is 0 Å². The van der Waals surface area contributed by atoms with Gasteiger partial charge in [-0.1, -0.05) is 200 Å². The van der Waals surface area contributed by atoms with Crippen molar-refractivity contribution < 1.29 is 0 Å². The summed E-state index contributed by atoms with van der Waals surface area (Å²) in [5.41, 5.74) is 14.9. The van der Waals surface area contributed by atoms with E-state index < -0.39 is 0 Å². The zero-order valence-electron chi connectivity index (χ0n) is 37.1. The van der Waals surface area contributed by atoms with Crippen molar-refractivity contribution in [2.75, 3.05) is 0 Å². The summed E-state index contributed by atoms with van der Waals surface area (Å²) in [4.78, 5) is 11.3. The van der Waals surface area contributed by atoms with Gasteiger partial charge in [0.1, 0.15) is 0 Å². The fourth-order valence-corrected chi connectivity index (χ4v) is 12.6. The number of para-hydroxylation sites is 2. The summed E-state index contributed by atoms with van der Waals surface area (Å²) in [6, 6.07) is 83.5. The number of fused-ring (bicyclic) bond motifs is 16. The summed E-state index contributed by atoms with van der Waals surface area (Å²) in [5, 5.41) is 11.9. The zero-order chi connectivity index (χ0) is 45.2. The summed E-state index contributed by atoms with van der Waals surface area (Å²) < 4.78 is 7.60. The highest BCUT2D eigenvalue weighted by molar-refractivity contribution is 7.26. The minimum atomic E-state index is 0.849. The van der Waals surface area contributed by atoms with Crippen LogP contribution >= 0.6 is 11.3 Å². The molecule has 69 heavy (non-hydrogen) atoms. The summed E-state index contributed by atoms with van der Waals surface area (Å²) >= 11 is 1.90. The number of thiophene rings is 1. The summed E-state index contributed by atoms with van der Waals surface area (Å²) in [7, 11) is 0. The van der Waals surface area contributed by atoms with Crippen LogP contribution in [0.25, 0.3) is 141 Å². The fraction of sp³-hybridized carbons (Fsp3) is 0. The number of hydrogen-bond donors (Lipinski definition) is 0. The molecule has 0 amide bonds. The van der Waals surface area contributed by atoms with Crippen molar-refractivity contribution in [3.63, 3.8) is 0 Å². The molecule has 0 saturated carbocycles. The van der Waals surface area contributed by atoms with E-state index in [0.717, 1.165) is 61.0 Å². The van der Waals surface area contributed by atoms with Gasteiger partial charge in [-0.2, -0.15) is 0 Å². The van der Waals surface area contributed by atoms with E-state index in [-0.39, 0.29) is 0 Å². The molecule has 320 valence electrons. The summed E-state index contributed by atoms with van der Waals surface area (Å²) in [5.74, 6) is 0. The topological polar surface area (TPSA) is 35.6 Å². The Kier molecular flexibility index (Phi) is 8.20. The van der Waals surface area contributed by atoms with Gasteiger partial charge in [-0.05, 0) is 52.2 Å². The lowest BCUT2D eigenvalue weighted by molar-refractivity contribution is 1.16. The Balaban J connectivity index is 1.03.